The average Bonchev–Trinajstić information content (AvgIpc) is 2.48. The maximum Gasteiger partial charge on any atom is 0.187 e. The monoisotopic (exact) mass is 363 g/mol. The molecule has 1 aliphatic carbocycles. The third-order valence-electron chi connectivity index (χ3n) is 3.38. The van der Waals surface area contributed by atoms with Gasteiger partial charge in [-0.2, -0.15) is 5.10 Å². The van der Waals surface area contributed by atoms with Crippen LogP contribution in [0.4, 0.5) is 0 Å². The van der Waals surface area contributed by atoms with E-state index in [0.29, 0.717) is 31.8 Å². The molecule has 0 bridgehead atoms. The number of hydrogen-bond donors (Lipinski definition) is 2. The van der Waals surface area contributed by atoms with Crippen molar-refractivity contribution >= 4 is 58.3 Å². The normalized spacial score (nSPS) is 16.1. The van der Waals surface area contributed by atoms with Crippen LogP contribution in [0.15, 0.2) is 17.2 Å². The molecule has 114 valence electrons. The minimum atomic E-state index is 0.376. The van der Waals surface area contributed by atoms with Gasteiger partial charge in [-0.05, 0) is 37.2 Å². The number of rotatable bonds is 3. The molecule has 0 unspecified atom stereocenters. The Bertz CT molecular complexity index is 543. The summed E-state index contributed by atoms with van der Waals surface area (Å²) in [5.74, 6) is 0. The molecule has 0 spiro atoms. The van der Waals surface area contributed by atoms with Gasteiger partial charge in [-0.15, -0.1) is 0 Å². The Morgan fingerprint density at radius 3 is 2.52 bits per heavy atom. The number of nitrogens with zero attached hydrogens (tertiary/aromatic N) is 1. The molecule has 0 aliphatic heterocycles. The fourth-order valence-electron chi connectivity index (χ4n) is 2.28. The minimum absolute atomic E-state index is 0.376. The fourth-order valence-corrected chi connectivity index (χ4v) is 3.13. The number of benzene rings is 1. The summed E-state index contributed by atoms with van der Waals surface area (Å²) in [6.45, 7) is 0. The summed E-state index contributed by atoms with van der Waals surface area (Å²) >= 11 is 23.3. The van der Waals surface area contributed by atoms with Crippen molar-refractivity contribution in [2.24, 2.45) is 5.10 Å². The largest absolute Gasteiger partial charge is 0.359 e. The summed E-state index contributed by atoms with van der Waals surface area (Å²) in [5, 5.41) is 9.13. The van der Waals surface area contributed by atoms with E-state index in [0.717, 1.165) is 12.8 Å². The Labute approximate surface area is 145 Å². The lowest BCUT2D eigenvalue weighted by atomic mass is 9.96. The van der Waals surface area contributed by atoms with Crippen molar-refractivity contribution in [1.29, 1.82) is 0 Å². The van der Waals surface area contributed by atoms with E-state index in [2.05, 4.69) is 15.8 Å². The summed E-state index contributed by atoms with van der Waals surface area (Å²) < 4.78 is 0. The van der Waals surface area contributed by atoms with Gasteiger partial charge < -0.3 is 5.32 Å². The maximum absolute atomic E-state index is 6.09. The maximum atomic E-state index is 6.09. The predicted octanol–water partition coefficient (Wildman–Crippen LogP) is 4.78. The molecule has 2 N–H and O–H groups in total. The second kappa shape index (κ2) is 8.18. The molecule has 0 heterocycles. The zero-order valence-electron chi connectivity index (χ0n) is 11.3. The first-order valence-corrected chi connectivity index (χ1v) is 8.35. The van der Waals surface area contributed by atoms with E-state index < -0.39 is 0 Å². The van der Waals surface area contributed by atoms with Crippen molar-refractivity contribution in [3.8, 4) is 0 Å². The standard InChI is InChI=1S/C14H16Cl3N3S/c15-11-6-7-12(16)13(17)10(11)8-18-20-14(21)19-9-4-2-1-3-5-9/h6-9H,1-5H2,(H2,19,20,21)/b18-8+. The number of thiocarbonyl (C=S) groups is 1. The van der Waals surface area contributed by atoms with Crippen LogP contribution in [0.5, 0.6) is 0 Å². The Hall–Kier alpha value is -0.550. The third-order valence-corrected chi connectivity index (χ3v) is 4.74. The fraction of sp³-hybridized carbons (Fsp3) is 0.429. The van der Waals surface area contributed by atoms with Crippen LogP contribution >= 0.6 is 47.0 Å². The van der Waals surface area contributed by atoms with E-state index in [1.54, 1.807) is 12.1 Å². The van der Waals surface area contributed by atoms with Crippen molar-refractivity contribution in [1.82, 2.24) is 10.7 Å². The number of hydrogen-bond acceptors (Lipinski definition) is 2. The molecule has 0 atom stereocenters. The van der Waals surface area contributed by atoms with Gasteiger partial charge in [0.1, 0.15) is 0 Å². The van der Waals surface area contributed by atoms with Gasteiger partial charge >= 0.3 is 0 Å². The van der Waals surface area contributed by atoms with Crippen molar-refractivity contribution in [2.75, 3.05) is 0 Å². The van der Waals surface area contributed by atoms with E-state index in [-0.39, 0.29) is 0 Å². The number of nitrogens with one attached hydrogen (secondary N) is 2. The molecule has 0 amide bonds. The lowest BCUT2D eigenvalue weighted by molar-refractivity contribution is 0.412. The highest BCUT2D eigenvalue weighted by Gasteiger charge is 2.13. The summed E-state index contributed by atoms with van der Waals surface area (Å²) in [5.41, 5.74) is 3.35. The highest BCUT2D eigenvalue weighted by Crippen LogP contribution is 2.29. The summed E-state index contributed by atoms with van der Waals surface area (Å²) in [7, 11) is 0. The zero-order chi connectivity index (χ0) is 15.2. The first-order valence-electron chi connectivity index (χ1n) is 6.81. The molecule has 3 nitrogen and oxygen atoms in total. The van der Waals surface area contributed by atoms with Crippen molar-refractivity contribution < 1.29 is 0 Å². The van der Waals surface area contributed by atoms with Gasteiger partial charge in [-0.3, -0.25) is 5.43 Å². The molecule has 0 radical (unpaired) electrons. The molecule has 0 saturated heterocycles. The second-order valence-electron chi connectivity index (χ2n) is 4.94. The third kappa shape index (κ3) is 4.99. The highest BCUT2D eigenvalue weighted by atomic mass is 35.5. The van der Waals surface area contributed by atoms with Gasteiger partial charge in [0.05, 0.1) is 21.3 Å². The average molecular weight is 365 g/mol. The number of halogens is 3. The van der Waals surface area contributed by atoms with Crippen molar-refractivity contribution in [2.45, 2.75) is 38.1 Å². The molecule has 1 aromatic rings. The van der Waals surface area contributed by atoms with Crippen LogP contribution in [-0.2, 0) is 0 Å². The SMILES string of the molecule is S=C(N/N=C/c1c(Cl)ccc(Cl)c1Cl)NC1CCCCC1. The molecule has 1 saturated carbocycles. The molecule has 1 aromatic carbocycles. The Balaban J connectivity index is 1.90. The Morgan fingerprint density at radius 2 is 1.81 bits per heavy atom. The van der Waals surface area contributed by atoms with Crippen LogP contribution in [0.3, 0.4) is 0 Å². The predicted molar refractivity (Wildman–Crippen MR) is 94.8 cm³/mol. The minimum Gasteiger partial charge on any atom is -0.359 e. The van der Waals surface area contributed by atoms with E-state index in [1.165, 1.54) is 25.5 Å². The summed E-state index contributed by atoms with van der Waals surface area (Å²) in [6.07, 6.45) is 7.62. The molecule has 2 rings (SSSR count). The lowest BCUT2D eigenvalue weighted by Crippen LogP contribution is -2.40. The van der Waals surface area contributed by atoms with E-state index in [4.69, 9.17) is 47.0 Å². The summed E-state index contributed by atoms with van der Waals surface area (Å²) in [4.78, 5) is 0. The van der Waals surface area contributed by atoms with Crippen LogP contribution in [0.2, 0.25) is 15.1 Å². The molecule has 7 heteroatoms. The lowest BCUT2D eigenvalue weighted by Gasteiger charge is -2.23. The van der Waals surface area contributed by atoms with Crippen molar-refractivity contribution in [3.63, 3.8) is 0 Å². The van der Waals surface area contributed by atoms with E-state index >= 15 is 0 Å². The Morgan fingerprint density at radius 1 is 1.14 bits per heavy atom. The van der Waals surface area contributed by atoms with E-state index in [1.807, 2.05) is 0 Å². The quantitative estimate of drug-likeness (QED) is 0.351. The molecule has 1 fully saturated rings. The van der Waals surface area contributed by atoms with Crippen LogP contribution in [-0.4, -0.2) is 17.4 Å². The van der Waals surface area contributed by atoms with Gasteiger partial charge in [0.2, 0.25) is 0 Å². The van der Waals surface area contributed by atoms with Crippen LogP contribution < -0.4 is 10.7 Å². The molecular weight excluding hydrogens is 349 g/mol. The van der Waals surface area contributed by atoms with Gasteiger partial charge in [-0.1, -0.05) is 54.1 Å². The highest BCUT2D eigenvalue weighted by molar-refractivity contribution is 7.80. The smallest absolute Gasteiger partial charge is 0.187 e. The van der Waals surface area contributed by atoms with Gasteiger partial charge in [-0.25, -0.2) is 0 Å². The van der Waals surface area contributed by atoms with Crippen LogP contribution in [0.1, 0.15) is 37.7 Å². The Kier molecular flexibility index (Phi) is 6.55. The van der Waals surface area contributed by atoms with Gasteiger partial charge in [0, 0.05) is 11.6 Å². The second-order valence-corrected chi connectivity index (χ2v) is 6.54. The van der Waals surface area contributed by atoms with Crippen LogP contribution in [0.25, 0.3) is 0 Å². The molecular formula is C14H16Cl3N3S. The van der Waals surface area contributed by atoms with Gasteiger partial charge in [0.25, 0.3) is 0 Å². The van der Waals surface area contributed by atoms with Crippen LogP contribution in [0, 0.1) is 0 Å². The first kappa shape index (κ1) is 16.8. The summed E-state index contributed by atoms with van der Waals surface area (Å²) in [6, 6.07) is 3.76. The van der Waals surface area contributed by atoms with Gasteiger partial charge in [0.15, 0.2) is 5.11 Å². The van der Waals surface area contributed by atoms with E-state index in [9.17, 15) is 0 Å². The topological polar surface area (TPSA) is 36.4 Å². The number of hydrazone groups is 1. The molecule has 1 aliphatic rings. The molecule has 0 aromatic heterocycles. The first-order chi connectivity index (χ1) is 10.1. The van der Waals surface area contributed by atoms with Crippen molar-refractivity contribution in [3.05, 3.63) is 32.8 Å². The molecule has 21 heavy (non-hydrogen) atoms. The zero-order valence-corrected chi connectivity index (χ0v) is 14.4.